The molecule has 1 amide bonds. The van der Waals surface area contributed by atoms with E-state index in [1.54, 1.807) is 33.3 Å². The Hall–Kier alpha value is -2.48. The summed E-state index contributed by atoms with van der Waals surface area (Å²) in [7, 11) is 3.17. The van der Waals surface area contributed by atoms with Crippen LogP contribution in [0.1, 0.15) is 6.92 Å². The number of thioether (sulfide) groups is 1. The minimum atomic E-state index is -0.314. The maximum absolute atomic E-state index is 11.9. The molecule has 0 spiro atoms. The summed E-state index contributed by atoms with van der Waals surface area (Å²) < 4.78 is 10.5. The number of aromatic amines is 1. The van der Waals surface area contributed by atoms with Crippen LogP contribution < -0.4 is 14.8 Å². The lowest BCUT2D eigenvalue weighted by molar-refractivity contribution is -0.120. The minimum Gasteiger partial charge on any atom is -0.497 e. The maximum atomic E-state index is 11.9. The summed E-state index contributed by atoms with van der Waals surface area (Å²) in [5, 5.41) is 9.94. The summed E-state index contributed by atoms with van der Waals surface area (Å²) in [5.41, 5.74) is 0.765. The van der Waals surface area contributed by atoms with Crippen LogP contribution in [0.5, 0.6) is 11.5 Å². The zero-order valence-corrected chi connectivity index (χ0v) is 14.6. The van der Waals surface area contributed by atoms with Gasteiger partial charge in [0, 0.05) is 12.6 Å². The molecule has 0 aliphatic heterocycles. The molecule has 8 heteroatoms. The standard InChI is InChI=1S/C16H20N4O3S/c1-5-8-17-15(21)10(2)24-16-18-14(19-20-16)12-7-6-11(22-3)9-13(12)23-4/h5-7,9-10H,1,8H2,2-4H3,(H,17,21)(H,18,19,20)/t10-/m1/s1. The molecular formula is C16H20N4O3S. The number of nitrogens with zero attached hydrogens (tertiary/aromatic N) is 2. The Bertz CT molecular complexity index is 717. The summed E-state index contributed by atoms with van der Waals surface area (Å²) in [6.07, 6.45) is 1.64. The maximum Gasteiger partial charge on any atom is 0.233 e. The Morgan fingerprint density at radius 3 is 2.92 bits per heavy atom. The molecule has 1 aromatic heterocycles. The van der Waals surface area contributed by atoms with E-state index >= 15 is 0 Å². The predicted octanol–water partition coefficient (Wildman–Crippen LogP) is 2.27. The molecular weight excluding hydrogens is 328 g/mol. The van der Waals surface area contributed by atoms with Gasteiger partial charge in [-0.1, -0.05) is 17.8 Å². The van der Waals surface area contributed by atoms with Crippen molar-refractivity contribution in [2.45, 2.75) is 17.3 Å². The van der Waals surface area contributed by atoms with Gasteiger partial charge in [0.15, 0.2) is 5.82 Å². The Kier molecular flexibility index (Phi) is 6.25. The van der Waals surface area contributed by atoms with E-state index in [4.69, 9.17) is 9.47 Å². The first-order chi connectivity index (χ1) is 11.6. The van der Waals surface area contributed by atoms with Gasteiger partial charge in [-0.3, -0.25) is 9.89 Å². The molecule has 0 aliphatic rings. The van der Waals surface area contributed by atoms with Crippen molar-refractivity contribution < 1.29 is 14.3 Å². The van der Waals surface area contributed by atoms with E-state index in [0.717, 1.165) is 5.56 Å². The Balaban J connectivity index is 2.13. The summed E-state index contributed by atoms with van der Waals surface area (Å²) in [5.74, 6) is 1.79. The van der Waals surface area contributed by atoms with Crippen molar-refractivity contribution in [2.75, 3.05) is 20.8 Å². The van der Waals surface area contributed by atoms with Crippen LogP contribution in [0.15, 0.2) is 36.0 Å². The molecule has 1 heterocycles. The van der Waals surface area contributed by atoms with Crippen molar-refractivity contribution in [1.29, 1.82) is 0 Å². The van der Waals surface area contributed by atoms with Gasteiger partial charge in [-0.05, 0) is 19.1 Å². The van der Waals surface area contributed by atoms with Gasteiger partial charge < -0.3 is 14.8 Å². The van der Waals surface area contributed by atoms with Crippen LogP contribution in [0.4, 0.5) is 0 Å². The average molecular weight is 348 g/mol. The highest BCUT2D eigenvalue weighted by Crippen LogP contribution is 2.32. The van der Waals surface area contributed by atoms with Gasteiger partial charge in [0.25, 0.3) is 0 Å². The number of amides is 1. The molecule has 0 aliphatic carbocycles. The van der Waals surface area contributed by atoms with Gasteiger partial charge in [-0.2, -0.15) is 0 Å². The van der Waals surface area contributed by atoms with Crippen LogP contribution in [0.2, 0.25) is 0 Å². The first-order valence-electron chi connectivity index (χ1n) is 7.29. The molecule has 0 fully saturated rings. The lowest BCUT2D eigenvalue weighted by Crippen LogP contribution is -2.30. The third-order valence-corrected chi connectivity index (χ3v) is 4.16. The molecule has 1 aromatic carbocycles. The highest BCUT2D eigenvalue weighted by atomic mass is 32.2. The van der Waals surface area contributed by atoms with Crippen molar-refractivity contribution >= 4 is 17.7 Å². The van der Waals surface area contributed by atoms with Crippen LogP contribution in [0.25, 0.3) is 11.4 Å². The van der Waals surface area contributed by atoms with Crippen molar-refractivity contribution in [1.82, 2.24) is 20.5 Å². The number of aromatic nitrogens is 3. The molecule has 0 saturated carbocycles. The zero-order valence-electron chi connectivity index (χ0n) is 13.8. The number of hydrogen-bond acceptors (Lipinski definition) is 6. The van der Waals surface area contributed by atoms with E-state index in [1.807, 2.05) is 12.1 Å². The van der Waals surface area contributed by atoms with E-state index in [2.05, 4.69) is 27.1 Å². The second kappa shape index (κ2) is 8.39. The average Bonchev–Trinajstić information content (AvgIpc) is 3.07. The SMILES string of the molecule is C=CCNC(=O)[C@@H](C)Sc1n[nH]c(-c2ccc(OC)cc2OC)n1. The van der Waals surface area contributed by atoms with Gasteiger partial charge in [-0.25, -0.2) is 4.98 Å². The minimum absolute atomic E-state index is 0.0896. The van der Waals surface area contributed by atoms with Crippen LogP contribution in [0, 0.1) is 0 Å². The van der Waals surface area contributed by atoms with Crippen molar-refractivity contribution in [3.63, 3.8) is 0 Å². The number of carbonyl (C=O) groups excluding carboxylic acids is 1. The Morgan fingerprint density at radius 1 is 1.46 bits per heavy atom. The lowest BCUT2D eigenvalue weighted by Gasteiger charge is -2.08. The van der Waals surface area contributed by atoms with E-state index < -0.39 is 0 Å². The summed E-state index contributed by atoms with van der Waals surface area (Å²) >= 11 is 1.27. The third-order valence-electron chi connectivity index (χ3n) is 3.20. The molecule has 0 unspecified atom stereocenters. The number of carbonyl (C=O) groups is 1. The largest absolute Gasteiger partial charge is 0.497 e. The molecule has 7 nitrogen and oxygen atoms in total. The van der Waals surface area contributed by atoms with Crippen LogP contribution in [-0.4, -0.2) is 47.1 Å². The molecule has 128 valence electrons. The van der Waals surface area contributed by atoms with E-state index in [0.29, 0.717) is 29.0 Å². The summed E-state index contributed by atoms with van der Waals surface area (Å²) in [6, 6.07) is 5.43. The van der Waals surface area contributed by atoms with Crippen LogP contribution >= 0.6 is 11.8 Å². The number of rotatable bonds is 8. The molecule has 24 heavy (non-hydrogen) atoms. The van der Waals surface area contributed by atoms with E-state index in [1.165, 1.54) is 11.8 Å². The van der Waals surface area contributed by atoms with E-state index in [9.17, 15) is 4.79 Å². The normalized spacial score (nSPS) is 11.6. The lowest BCUT2D eigenvalue weighted by atomic mass is 10.2. The zero-order chi connectivity index (χ0) is 17.5. The topological polar surface area (TPSA) is 89.1 Å². The Labute approximate surface area is 144 Å². The quantitative estimate of drug-likeness (QED) is 0.562. The van der Waals surface area contributed by atoms with Crippen molar-refractivity contribution in [3.05, 3.63) is 30.9 Å². The van der Waals surface area contributed by atoms with Crippen molar-refractivity contribution in [2.24, 2.45) is 0 Å². The number of hydrogen-bond donors (Lipinski definition) is 2. The second-order valence-electron chi connectivity index (χ2n) is 4.83. The molecule has 0 saturated heterocycles. The smallest absolute Gasteiger partial charge is 0.233 e. The molecule has 2 aromatic rings. The van der Waals surface area contributed by atoms with E-state index in [-0.39, 0.29) is 11.2 Å². The molecule has 1 atom stereocenters. The monoisotopic (exact) mass is 348 g/mol. The van der Waals surface area contributed by atoms with Crippen LogP contribution in [-0.2, 0) is 4.79 Å². The highest BCUT2D eigenvalue weighted by molar-refractivity contribution is 8.00. The number of nitrogens with one attached hydrogen (secondary N) is 2. The van der Waals surface area contributed by atoms with Crippen molar-refractivity contribution in [3.8, 4) is 22.9 Å². The first-order valence-corrected chi connectivity index (χ1v) is 8.17. The number of ether oxygens (including phenoxy) is 2. The fourth-order valence-electron chi connectivity index (χ4n) is 1.94. The predicted molar refractivity (Wildman–Crippen MR) is 93.4 cm³/mol. The third kappa shape index (κ3) is 4.29. The van der Waals surface area contributed by atoms with Gasteiger partial charge in [-0.15, -0.1) is 11.7 Å². The van der Waals surface area contributed by atoms with Gasteiger partial charge >= 0.3 is 0 Å². The first kappa shape index (κ1) is 17.9. The molecule has 0 radical (unpaired) electrons. The molecule has 0 bridgehead atoms. The number of H-pyrrole nitrogens is 1. The second-order valence-corrected chi connectivity index (χ2v) is 6.13. The highest BCUT2D eigenvalue weighted by Gasteiger charge is 2.18. The number of methoxy groups -OCH3 is 2. The Morgan fingerprint density at radius 2 is 2.25 bits per heavy atom. The molecule has 2 N–H and O–H groups in total. The van der Waals surface area contributed by atoms with Gasteiger partial charge in [0.1, 0.15) is 11.5 Å². The summed E-state index contributed by atoms with van der Waals surface area (Å²) in [4.78, 5) is 16.3. The fraction of sp³-hybridized carbons (Fsp3) is 0.312. The van der Waals surface area contributed by atoms with Gasteiger partial charge in [0.2, 0.25) is 11.1 Å². The molecule has 2 rings (SSSR count). The summed E-state index contributed by atoms with van der Waals surface area (Å²) in [6.45, 7) is 5.80. The number of benzene rings is 1. The van der Waals surface area contributed by atoms with Crippen LogP contribution in [0.3, 0.4) is 0 Å². The van der Waals surface area contributed by atoms with Gasteiger partial charge in [0.05, 0.1) is 25.0 Å². The fourth-order valence-corrected chi connectivity index (χ4v) is 2.69.